The number of aliphatic hydroxyl groups is 1. The molecule has 2 aliphatic rings. The van der Waals surface area contributed by atoms with Gasteiger partial charge in [-0.2, -0.15) is 0 Å². The molecule has 3 rings (SSSR count). The first-order valence-electron chi connectivity index (χ1n) is 11.4. The lowest BCUT2D eigenvalue weighted by Crippen LogP contribution is -2.49. The van der Waals surface area contributed by atoms with Gasteiger partial charge in [-0.1, -0.05) is 6.92 Å². The highest BCUT2D eigenvalue weighted by molar-refractivity contribution is 5.99. The monoisotopic (exact) mass is 448 g/mol. The third kappa shape index (κ3) is 6.19. The van der Waals surface area contributed by atoms with E-state index >= 15 is 0 Å². The Morgan fingerprint density at radius 3 is 2.75 bits per heavy atom. The number of benzene rings is 1. The Labute approximate surface area is 190 Å². The number of carbonyl (C=O) groups excluding carboxylic acids is 2. The summed E-state index contributed by atoms with van der Waals surface area (Å²) in [7, 11) is 1.87. The van der Waals surface area contributed by atoms with Crippen molar-refractivity contribution >= 4 is 17.5 Å². The van der Waals surface area contributed by atoms with E-state index in [1.165, 1.54) is 0 Å². The highest BCUT2D eigenvalue weighted by Gasteiger charge is 2.32. The maximum atomic E-state index is 13.4. The predicted molar refractivity (Wildman–Crippen MR) is 122 cm³/mol. The summed E-state index contributed by atoms with van der Waals surface area (Å²) < 4.78 is 11.5. The average Bonchev–Trinajstić information content (AvgIpc) is 2.80. The van der Waals surface area contributed by atoms with E-state index in [-0.39, 0.29) is 36.5 Å². The van der Waals surface area contributed by atoms with E-state index in [1.54, 1.807) is 23.1 Å². The molecule has 2 amide bonds. The van der Waals surface area contributed by atoms with Gasteiger partial charge in [0.15, 0.2) is 0 Å². The van der Waals surface area contributed by atoms with Gasteiger partial charge in [0.2, 0.25) is 5.91 Å². The van der Waals surface area contributed by atoms with Gasteiger partial charge in [0, 0.05) is 50.7 Å². The molecule has 32 heavy (non-hydrogen) atoms. The number of anilines is 1. The minimum absolute atomic E-state index is 0.0770. The molecule has 0 aliphatic carbocycles. The number of nitrogens with one attached hydrogen (secondary N) is 2. The number of hydrogen-bond donors (Lipinski definition) is 3. The Kier molecular flexibility index (Phi) is 8.86. The molecule has 1 saturated heterocycles. The molecule has 0 radical (unpaired) electrons. The van der Waals surface area contributed by atoms with Crippen LogP contribution in [-0.2, 0) is 9.53 Å². The van der Waals surface area contributed by atoms with Crippen LogP contribution in [0.5, 0.6) is 5.75 Å². The molecule has 2 aliphatic heterocycles. The molecule has 3 N–H and O–H groups in total. The van der Waals surface area contributed by atoms with Gasteiger partial charge in [-0.3, -0.25) is 14.5 Å². The van der Waals surface area contributed by atoms with Crippen molar-refractivity contribution in [3.63, 3.8) is 0 Å². The number of hydrogen-bond acceptors (Lipinski definition) is 7. The molecule has 1 aromatic carbocycles. The van der Waals surface area contributed by atoms with Crippen molar-refractivity contribution in [2.24, 2.45) is 5.92 Å². The van der Waals surface area contributed by atoms with Crippen LogP contribution in [0, 0.1) is 5.92 Å². The minimum atomic E-state index is -0.321. The Bertz CT molecular complexity index is 784. The molecule has 0 unspecified atom stereocenters. The van der Waals surface area contributed by atoms with Crippen LogP contribution in [0.4, 0.5) is 5.69 Å². The summed E-state index contributed by atoms with van der Waals surface area (Å²) in [6.45, 7) is 8.61. The van der Waals surface area contributed by atoms with Crippen LogP contribution >= 0.6 is 0 Å². The molecule has 1 aromatic rings. The fourth-order valence-electron chi connectivity index (χ4n) is 4.05. The van der Waals surface area contributed by atoms with Crippen molar-refractivity contribution in [3.05, 3.63) is 23.8 Å². The van der Waals surface area contributed by atoms with E-state index < -0.39 is 0 Å². The second-order valence-electron chi connectivity index (χ2n) is 8.64. The van der Waals surface area contributed by atoms with Crippen molar-refractivity contribution in [2.45, 2.75) is 32.4 Å². The van der Waals surface area contributed by atoms with Gasteiger partial charge in [0.05, 0.1) is 31.4 Å². The summed E-state index contributed by atoms with van der Waals surface area (Å²) in [5.74, 6) is 0.259. The zero-order valence-corrected chi connectivity index (χ0v) is 19.3. The number of rotatable bonds is 8. The van der Waals surface area contributed by atoms with Crippen LogP contribution in [0.15, 0.2) is 18.2 Å². The van der Waals surface area contributed by atoms with Crippen LogP contribution in [-0.4, -0.2) is 98.5 Å². The number of morpholine rings is 1. The fourth-order valence-corrected chi connectivity index (χ4v) is 4.05. The fraction of sp³-hybridized carbons (Fsp3) is 0.652. The first-order valence-corrected chi connectivity index (χ1v) is 11.4. The first kappa shape index (κ1) is 24.4. The third-order valence-electron chi connectivity index (χ3n) is 6.11. The molecule has 9 heteroatoms. The largest absolute Gasteiger partial charge is 0.488 e. The van der Waals surface area contributed by atoms with Crippen LogP contribution < -0.4 is 15.4 Å². The zero-order chi connectivity index (χ0) is 23.1. The molecule has 3 atom stereocenters. The number of amides is 2. The number of nitrogens with zero attached hydrogens (tertiary/aromatic N) is 2. The first-order chi connectivity index (χ1) is 15.4. The van der Waals surface area contributed by atoms with Crippen LogP contribution in [0.25, 0.3) is 0 Å². The van der Waals surface area contributed by atoms with Gasteiger partial charge < -0.3 is 30.1 Å². The molecule has 1 fully saturated rings. The van der Waals surface area contributed by atoms with E-state index in [0.717, 1.165) is 13.1 Å². The standard InChI is InChI=1S/C23H36N4O5/c1-16-14-27(17(2)15-28)23(30)19-12-18(4-5-20(19)32-21(16)13-24-3)25-22(29)6-7-26-8-10-31-11-9-26/h4-5,12,16-17,21,24,28H,6-11,13-15H2,1-3H3,(H,25,29)/t16-,17-,21-/m1/s1. The molecule has 0 bridgehead atoms. The molecule has 2 heterocycles. The SMILES string of the molecule is CNC[C@H]1Oc2ccc(NC(=O)CCN3CCOCC3)cc2C(=O)N([C@H](C)CO)C[C@H]1C. The van der Waals surface area contributed by atoms with E-state index in [0.29, 0.717) is 56.3 Å². The smallest absolute Gasteiger partial charge is 0.258 e. The van der Waals surface area contributed by atoms with Gasteiger partial charge in [-0.15, -0.1) is 0 Å². The van der Waals surface area contributed by atoms with Gasteiger partial charge in [0.25, 0.3) is 5.91 Å². The lowest BCUT2D eigenvalue weighted by Gasteiger charge is -2.37. The number of ether oxygens (including phenoxy) is 2. The van der Waals surface area contributed by atoms with E-state index in [9.17, 15) is 14.7 Å². The number of carbonyl (C=O) groups is 2. The number of fused-ring (bicyclic) bond motifs is 1. The Balaban J connectivity index is 1.76. The van der Waals surface area contributed by atoms with Crippen molar-refractivity contribution in [2.75, 3.05) is 64.9 Å². The summed E-state index contributed by atoms with van der Waals surface area (Å²) >= 11 is 0. The highest BCUT2D eigenvalue weighted by atomic mass is 16.5. The summed E-state index contributed by atoms with van der Waals surface area (Å²) in [6.07, 6.45) is 0.242. The van der Waals surface area contributed by atoms with Crippen molar-refractivity contribution < 1.29 is 24.2 Å². The molecule has 178 valence electrons. The van der Waals surface area contributed by atoms with Gasteiger partial charge in [-0.05, 0) is 32.2 Å². The second-order valence-corrected chi connectivity index (χ2v) is 8.64. The molecule has 0 saturated carbocycles. The topological polar surface area (TPSA) is 103 Å². The molecular weight excluding hydrogens is 412 g/mol. The van der Waals surface area contributed by atoms with E-state index in [2.05, 4.69) is 15.5 Å². The van der Waals surface area contributed by atoms with Crippen LogP contribution in [0.1, 0.15) is 30.6 Å². The van der Waals surface area contributed by atoms with Gasteiger partial charge in [-0.25, -0.2) is 0 Å². The third-order valence-corrected chi connectivity index (χ3v) is 6.11. The van der Waals surface area contributed by atoms with Crippen molar-refractivity contribution in [1.82, 2.24) is 15.1 Å². The molecule has 9 nitrogen and oxygen atoms in total. The lowest BCUT2D eigenvalue weighted by molar-refractivity contribution is -0.116. The number of likely N-dealkylation sites (N-methyl/N-ethyl adjacent to an activating group) is 1. The lowest BCUT2D eigenvalue weighted by atomic mass is 9.99. The normalized spacial score (nSPS) is 23.0. The number of aliphatic hydroxyl groups excluding tert-OH is 1. The Hall–Kier alpha value is -2.20. The molecule has 0 aromatic heterocycles. The molecule has 0 spiro atoms. The predicted octanol–water partition coefficient (Wildman–Crippen LogP) is 0.787. The summed E-state index contributed by atoms with van der Waals surface area (Å²) in [4.78, 5) is 29.7. The van der Waals surface area contributed by atoms with E-state index in [4.69, 9.17) is 9.47 Å². The Morgan fingerprint density at radius 1 is 1.31 bits per heavy atom. The summed E-state index contributed by atoms with van der Waals surface area (Å²) in [6, 6.07) is 4.86. The quantitative estimate of drug-likeness (QED) is 0.540. The summed E-state index contributed by atoms with van der Waals surface area (Å²) in [5, 5.41) is 15.8. The van der Waals surface area contributed by atoms with Gasteiger partial charge in [0.1, 0.15) is 11.9 Å². The zero-order valence-electron chi connectivity index (χ0n) is 19.3. The van der Waals surface area contributed by atoms with Crippen molar-refractivity contribution in [1.29, 1.82) is 0 Å². The average molecular weight is 449 g/mol. The summed E-state index contributed by atoms with van der Waals surface area (Å²) in [5.41, 5.74) is 0.951. The van der Waals surface area contributed by atoms with E-state index in [1.807, 2.05) is 20.9 Å². The highest BCUT2D eigenvalue weighted by Crippen LogP contribution is 2.30. The minimum Gasteiger partial charge on any atom is -0.488 e. The van der Waals surface area contributed by atoms with Crippen molar-refractivity contribution in [3.8, 4) is 5.75 Å². The second kappa shape index (κ2) is 11.6. The van der Waals surface area contributed by atoms with Gasteiger partial charge >= 0.3 is 0 Å². The Morgan fingerprint density at radius 2 is 2.06 bits per heavy atom. The maximum Gasteiger partial charge on any atom is 0.258 e. The van der Waals surface area contributed by atoms with Crippen LogP contribution in [0.2, 0.25) is 0 Å². The maximum absolute atomic E-state index is 13.4. The van der Waals surface area contributed by atoms with Crippen LogP contribution in [0.3, 0.4) is 0 Å². The molecular formula is C23H36N4O5.